The maximum atomic E-state index is 6.05. The van der Waals surface area contributed by atoms with Crippen molar-refractivity contribution in [2.24, 2.45) is 4.99 Å². The van der Waals surface area contributed by atoms with Crippen molar-refractivity contribution in [2.45, 2.75) is 5.25 Å². The first-order valence-electron chi connectivity index (χ1n) is 4.68. The lowest BCUT2D eigenvalue weighted by Crippen LogP contribution is -2.08. The SMILES string of the molecule is Clc1ccc(Cl)c(NC2=NC[C@@H](CBr)S2)c1. The summed E-state index contributed by atoms with van der Waals surface area (Å²) in [6.45, 7) is 0.830. The van der Waals surface area contributed by atoms with Crippen LogP contribution < -0.4 is 5.32 Å². The van der Waals surface area contributed by atoms with E-state index in [0.717, 1.165) is 22.7 Å². The zero-order valence-corrected chi connectivity index (χ0v) is 12.1. The molecule has 1 aliphatic rings. The van der Waals surface area contributed by atoms with E-state index in [-0.39, 0.29) is 0 Å². The standard InChI is InChI=1S/C10H9BrCl2N2S/c11-4-7-5-14-10(16-7)15-9-3-6(12)1-2-8(9)13/h1-3,7H,4-5H2,(H,14,15)/t7-/m1/s1. The van der Waals surface area contributed by atoms with Gasteiger partial charge in [-0.2, -0.15) is 0 Å². The summed E-state index contributed by atoms with van der Waals surface area (Å²) in [7, 11) is 0. The van der Waals surface area contributed by atoms with E-state index < -0.39 is 0 Å². The minimum atomic E-state index is 0.500. The number of aliphatic imine (C=N–C) groups is 1. The first kappa shape index (κ1) is 12.6. The molecule has 1 atom stereocenters. The van der Waals surface area contributed by atoms with Crippen LogP contribution >= 0.6 is 50.9 Å². The molecule has 2 nitrogen and oxygen atoms in total. The van der Waals surface area contributed by atoms with Gasteiger partial charge in [0.25, 0.3) is 0 Å². The first-order valence-corrected chi connectivity index (χ1v) is 7.44. The molecule has 6 heteroatoms. The Labute approximate surface area is 117 Å². The highest BCUT2D eigenvalue weighted by molar-refractivity contribution is 9.09. The Morgan fingerprint density at radius 1 is 1.50 bits per heavy atom. The third-order valence-electron chi connectivity index (χ3n) is 2.06. The van der Waals surface area contributed by atoms with Crippen molar-refractivity contribution < 1.29 is 0 Å². The highest BCUT2D eigenvalue weighted by Crippen LogP contribution is 2.29. The van der Waals surface area contributed by atoms with Gasteiger partial charge in [0.1, 0.15) is 0 Å². The maximum absolute atomic E-state index is 6.05. The molecule has 1 heterocycles. The molecule has 0 bridgehead atoms. The molecule has 1 aliphatic heterocycles. The number of anilines is 1. The molecular weight excluding hydrogens is 331 g/mol. The van der Waals surface area contributed by atoms with Crippen LogP contribution in [-0.2, 0) is 0 Å². The highest BCUT2D eigenvalue weighted by atomic mass is 79.9. The van der Waals surface area contributed by atoms with Gasteiger partial charge >= 0.3 is 0 Å². The lowest BCUT2D eigenvalue weighted by Gasteiger charge is -2.08. The molecule has 1 aromatic rings. The van der Waals surface area contributed by atoms with Gasteiger partial charge in [0.2, 0.25) is 0 Å². The quantitative estimate of drug-likeness (QED) is 0.813. The van der Waals surface area contributed by atoms with Gasteiger partial charge in [-0.15, -0.1) is 0 Å². The van der Waals surface area contributed by atoms with Crippen LogP contribution in [0.25, 0.3) is 0 Å². The lowest BCUT2D eigenvalue weighted by molar-refractivity contribution is 0.993. The molecule has 2 rings (SSSR count). The predicted molar refractivity (Wildman–Crippen MR) is 77.6 cm³/mol. The average molecular weight is 340 g/mol. The molecule has 1 N–H and O–H groups in total. The van der Waals surface area contributed by atoms with E-state index in [9.17, 15) is 0 Å². The van der Waals surface area contributed by atoms with Gasteiger partial charge in [-0.3, -0.25) is 4.99 Å². The molecule has 16 heavy (non-hydrogen) atoms. The van der Waals surface area contributed by atoms with Crippen LogP contribution in [0.2, 0.25) is 10.0 Å². The summed E-state index contributed by atoms with van der Waals surface area (Å²) in [4.78, 5) is 4.39. The molecule has 0 saturated heterocycles. The fourth-order valence-corrected chi connectivity index (χ4v) is 3.06. The molecule has 0 saturated carbocycles. The number of amidine groups is 1. The second-order valence-corrected chi connectivity index (χ2v) is 6.07. The zero-order valence-electron chi connectivity index (χ0n) is 8.21. The van der Waals surface area contributed by atoms with E-state index in [1.54, 1.807) is 30.0 Å². The number of thioether (sulfide) groups is 1. The number of nitrogens with one attached hydrogen (secondary N) is 1. The number of alkyl halides is 1. The number of hydrogen-bond acceptors (Lipinski definition) is 3. The molecule has 0 amide bonds. The van der Waals surface area contributed by atoms with Gasteiger partial charge < -0.3 is 5.32 Å². The Balaban J connectivity index is 2.07. The monoisotopic (exact) mass is 338 g/mol. The smallest absolute Gasteiger partial charge is 0.161 e. The van der Waals surface area contributed by atoms with Crippen molar-refractivity contribution in [2.75, 3.05) is 17.2 Å². The fraction of sp³-hybridized carbons (Fsp3) is 0.300. The summed E-state index contributed by atoms with van der Waals surface area (Å²) >= 11 is 17.1. The Morgan fingerprint density at radius 3 is 3.00 bits per heavy atom. The van der Waals surface area contributed by atoms with Gasteiger partial charge in [0, 0.05) is 15.6 Å². The van der Waals surface area contributed by atoms with E-state index in [4.69, 9.17) is 23.2 Å². The molecule has 0 unspecified atom stereocenters. The van der Waals surface area contributed by atoms with E-state index in [1.807, 2.05) is 0 Å². The lowest BCUT2D eigenvalue weighted by atomic mass is 10.3. The van der Waals surface area contributed by atoms with Crippen molar-refractivity contribution in [1.82, 2.24) is 0 Å². The first-order chi connectivity index (χ1) is 7.69. The third kappa shape index (κ3) is 3.06. The van der Waals surface area contributed by atoms with Gasteiger partial charge in [-0.05, 0) is 18.2 Å². The summed E-state index contributed by atoms with van der Waals surface area (Å²) in [6, 6.07) is 5.34. The van der Waals surface area contributed by atoms with Gasteiger partial charge in [-0.25, -0.2) is 0 Å². The van der Waals surface area contributed by atoms with Gasteiger partial charge in [-0.1, -0.05) is 50.9 Å². The minimum Gasteiger partial charge on any atom is -0.334 e. The van der Waals surface area contributed by atoms with Crippen LogP contribution in [0, 0.1) is 0 Å². The van der Waals surface area contributed by atoms with Crippen molar-refractivity contribution >= 4 is 61.7 Å². The van der Waals surface area contributed by atoms with E-state index in [0.29, 0.717) is 15.3 Å². The largest absolute Gasteiger partial charge is 0.334 e. The molecule has 0 aromatic heterocycles. The highest BCUT2D eigenvalue weighted by Gasteiger charge is 2.18. The van der Waals surface area contributed by atoms with Gasteiger partial charge in [0.05, 0.1) is 17.3 Å². The van der Waals surface area contributed by atoms with Crippen molar-refractivity contribution in [1.29, 1.82) is 0 Å². The molecule has 0 spiro atoms. The Hall–Kier alpha value is 0.1000. The number of halogens is 3. The van der Waals surface area contributed by atoms with Crippen molar-refractivity contribution in [3.05, 3.63) is 28.2 Å². The molecule has 0 radical (unpaired) electrons. The normalized spacial score (nSPS) is 19.7. The Bertz CT molecular complexity index is 425. The summed E-state index contributed by atoms with van der Waals surface area (Å²) in [5, 5.41) is 6.84. The Morgan fingerprint density at radius 2 is 2.31 bits per heavy atom. The number of nitrogens with zero attached hydrogens (tertiary/aromatic N) is 1. The van der Waals surface area contributed by atoms with Crippen LogP contribution in [0.4, 0.5) is 5.69 Å². The molecule has 86 valence electrons. The van der Waals surface area contributed by atoms with E-state index in [2.05, 4.69) is 26.2 Å². The van der Waals surface area contributed by atoms with Crippen molar-refractivity contribution in [3.63, 3.8) is 0 Å². The van der Waals surface area contributed by atoms with E-state index >= 15 is 0 Å². The van der Waals surface area contributed by atoms with E-state index in [1.165, 1.54) is 0 Å². The topological polar surface area (TPSA) is 24.4 Å². The molecular formula is C10H9BrCl2N2S. The molecule has 0 aliphatic carbocycles. The number of hydrogen-bond donors (Lipinski definition) is 1. The summed E-state index contributed by atoms with van der Waals surface area (Å²) < 4.78 is 0. The maximum Gasteiger partial charge on any atom is 0.161 e. The molecule has 0 fully saturated rings. The number of benzene rings is 1. The van der Waals surface area contributed by atoms with Crippen LogP contribution in [0.1, 0.15) is 0 Å². The van der Waals surface area contributed by atoms with Crippen LogP contribution in [-0.4, -0.2) is 22.3 Å². The van der Waals surface area contributed by atoms with Crippen LogP contribution in [0.3, 0.4) is 0 Å². The summed E-state index contributed by atoms with van der Waals surface area (Å²) in [5.41, 5.74) is 0.802. The average Bonchev–Trinajstić information content (AvgIpc) is 2.71. The minimum absolute atomic E-state index is 0.500. The second-order valence-electron chi connectivity index (χ2n) is 3.29. The summed E-state index contributed by atoms with van der Waals surface area (Å²) in [5.74, 6) is 0. The predicted octanol–water partition coefficient (Wildman–Crippen LogP) is 4.27. The van der Waals surface area contributed by atoms with Crippen molar-refractivity contribution in [3.8, 4) is 0 Å². The number of rotatable bonds is 2. The van der Waals surface area contributed by atoms with Gasteiger partial charge in [0.15, 0.2) is 5.17 Å². The fourth-order valence-electron chi connectivity index (χ4n) is 1.27. The molecule has 1 aromatic carbocycles. The van der Waals surface area contributed by atoms with Crippen LogP contribution in [0.5, 0.6) is 0 Å². The van der Waals surface area contributed by atoms with Crippen LogP contribution in [0.15, 0.2) is 23.2 Å². The zero-order chi connectivity index (χ0) is 11.5. The summed E-state index contributed by atoms with van der Waals surface area (Å²) in [6.07, 6.45) is 0. The second kappa shape index (κ2) is 5.63. The Kier molecular flexibility index (Phi) is 4.41. The third-order valence-corrected chi connectivity index (χ3v) is 4.94.